The lowest BCUT2D eigenvalue weighted by molar-refractivity contribution is -0.121. The second kappa shape index (κ2) is 12.9. The molecule has 150 valence electrons. The van der Waals surface area contributed by atoms with Crippen LogP contribution in [0.15, 0.2) is 17.5 Å². The van der Waals surface area contributed by atoms with Crippen molar-refractivity contribution in [1.29, 1.82) is 0 Å². The molecule has 2 aliphatic rings. The van der Waals surface area contributed by atoms with E-state index in [1.54, 1.807) is 0 Å². The van der Waals surface area contributed by atoms with E-state index in [0.717, 1.165) is 51.6 Å². The van der Waals surface area contributed by atoms with Gasteiger partial charge in [0, 0.05) is 24.4 Å². The number of halogens is 2. The molecule has 1 aromatic heterocycles. The number of nitrogens with zero attached hydrogens (tertiary/aromatic N) is 1. The van der Waals surface area contributed by atoms with E-state index in [2.05, 4.69) is 33.0 Å². The number of nitrogens with one attached hydrogen (secondary N) is 2. The zero-order chi connectivity index (χ0) is 16.6. The molecular formula is C19H33Cl2N3OS. The van der Waals surface area contributed by atoms with Crippen LogP contribution in [0.25, 0.3) is 0 Å². The van der Waals surface area contributed by atoms with Gasteiger partial charge in [0.1, 0.15) is 0 Å². The van der Waals surface area contributed by atoms with Crippen LogP contribution >= 0.6 is 36.2 Å². The number of piperidine rings is 2. The van der Waals surface area contributed by atoms with Crippen molar-refractivity contribution in [2.24, 2.45) is 11.8 Å². The standard InChI is InChI=1S/C19H31N3OS.2ClH/c23-19(4-3-16-5-9-20-10-6-16)21-14-17-7-11-22(12-8-17)15-18-2-1-13-24-18;;/h1-2,13,16-17,20H,3-12,14-15H2,(H,21,23);2*1H. The summed E-state index contributed by atoms with van der Waals surface area (Å²) in [6, 6.07) is 4.35. The van der Waals surface area contributed by atoms with Crippen LogP contribution in [0.4, 0.5) is 0 Å². The van der Waals surface area contributed by atoms with Crippen LogP contribution < -0.4 is 10.6 Å². The van der Waals surface area contributed by atoms with E-state index < -0.39 is 0 Å². The van der Waals surface area contributed by atoms with Gasteiger partial charge in [-0.05, 0) is 81.6 Å². The fourth-order valence-electron chi connectivity index (χ4n) is 3.82. The Kier molecular flexibility index (Phi) is 11.8. The highest BCUT2D eigenvalue weighted by Crippen LogP contribution is 2.21. The summed E-state index contributed by atoms with van der Waals surface area (Å²) in [6.07, 6.45) is 6.65. The van der Waals surface area contributed by atoms with Gasteiger partial charge in [-0.1, -0.05) is 6.07 Å². The molecule has 0 aliphatic carbocycles. The van der Waals surface area contributed by atoms with E-state index in [1.807, 2.05) is 11.3 Å². The first-order chi connectivity index (χ1) is 11.8. The Labute approximate surface area is 174 Å². The van der Waals surface area contributed by atoms with Crippen molar-refractivity contribution in [2.75, 3.05) is 32.7 Å². The van der Waals surface area contributed by atoms with Crippen molar-refractivity contribution in [2.45, 2.75) is 45.1 Å². The van der Waals surface area contributed by atoms with E-state index in [4.69, 9.17) is 0 Å². The van der Waals surface area contributed by atoms with Crippen LogP contribution in [-0.4, -0.2) is 43.5 Å². The summed E-state index contributed by atoms with van der Waals surface area (Å²) in [7, 11) is 0. The molecule has 0 aromatic carbocycles. The Morgan fingerprint density at radius 1 is 1.15 bits per heavy atom. The Hall–Kier alpha value is -0.330. The monoisotopic (exact) mass is 421 g/mol. The van der Waals surface area contributed by atoms with Gasteiger partial charge in [-0.3, -0.25) is 9.69 Å². The molecule has 0 spiro atoms. The van der Waals surface area contributed by atoms with Crippen LogP contribution in [0, 0.1) is 11.8 Å². The first-order valence-corrected chi connectivity index (χ1v) is 10.4. The highest BCUT2D eigenvalue weighted by Gasteiger charge is 2.20. The molecule has 0 unspecified atom stereocenters. The smallest absolute Gasteiger partial charge is 0.220 e. The van der Waals surface area contributed by atoms with Crippen LogP contribution in [0.5, 0.6) is 0 Å². The molecular weight excluding hydrogens is 389 g/mol. The molecule has 2 fully saturated rings. The Balaban J connectivity index is 0.00000169. The maximum absolute atomic E-state index is 12.1. The van der Waals surface area contributed by atoms with Gasteiger partial charge in [0.2, 0.25) is 5.91 Å². The highest BCUT2D eigenvalue weighted by molar-refractivity contribution is 7.09. The molecule has 0 bridgehead atoms. The molecule has 3 heterocycles. The van der Waals surface area contributed by atoms with Crippen molar-refractivity contribution in [3.63, 3.8) is 0 Å². The van der Waals surface area contributed by atoms with E-state index in [-0.39, 0.29) is 30.7 Å². The average molecular weight is 422 g/mol. The maximum atomic E-state index is 12.1. The number of thiophene rings is 1. The predicted molar refractivity (Wildman–Crippen MR) is 115 cm³/mol. The van der Waals surface area contributed by atoms with Crippen molar-refractivity contribution >= 4 is 42.1 Å². The van der Waals surface area contributed by atoms with Crippen LogP contribution in [0.3, 0.4) is 0 Å². The number of carbonyl (C=O) groups is 1. The number of hydrogen-bond acceptors (Lipinski definition) is 4. The zero-order valence-electron chi connectivity index (χ0n) is 15.5. The molecule has 2 saturated heterocycles. The number of likely N-dealkylation sites (tertiary alicyclic amines) is 1. The molecule has 7 heteroatoms. The minimum Gasteiger partial charge on any atom is -0.356 e. The molecule has 0 radical (unpaired) electrons. The molecule has 1 aromatic rings. The molecule has 2 aliphatic heterocycles. The third kappa shape index (κ3) is 8.13. The first-order valence-electron chi connectivity index (χ1n) is 9.52. The zero-order valence-corrected chi connectivity index (χ0v) is 17.9. The molecule has 4 nitrogen and oxygen atoms in total. The average Bonchev–Trinajstić information content (AvgIpc) is 3.13. The maximum Gasteiger partial charge on any atom is 0.220 e. The highest BCUT2D eigenvalue weighted by atomic mass is 35.5. The molecule has 3 rings (SSSR count). The van der Waals surface area contributed by atoms with E-state index in [9.17, 15) is 4.79 Å². The summed E-state index contributed by atoms with van der Waals surface area (Å²) in [6.45, 7) is 6.53. The third-order valence-electron chi connectivity index (χ3n) is 5.49. The lowest BCUT2D eigenvalue weighted by Crippen LogP contribution is -2.38. The summed E-state index contributed by atoms with van der Waals surface area (Å²) in [4.78, 5) is 16.1. The molecule has 0 atom stereocenters. The topological polar surface area (TPSA) is 44.4 Å². The molecule has 26 heavy (non-hydrogen) atoms. The molecule has 1 amide bonds. The molecule has 2 N–H and O–H groups in total. The van der Waals surface area contributed by atoms with E-state index in [0.29, 0.717) is 12.3 Å². The van der Waals surface area contributed by atoms with Gasteiger partial charge in [-0.2, -0.15) is 0 Å². The van der Waals surface area contributed by atoms with Gasteiger partial charge in [0.25, 0.3) is 0 Å². The second-order valence-electron chi connectivity index (χ2n) is 7.34. The fourth-order valence-corrected chi connectivity index (χ4v) is 4.57. The van der Waals surface area contributed by atoms with Crippen molar-refractivity contribution in [1.82, 2.24) is 15.5 Å². The minimum atomic E-state index is 0. The number of hydrogen-bond donors (Lipinski definition) is 2. The van der Waals surface area contributed by atoms with Crippen molar-refractivity contribution in [3.8, 4) is 0 Å². The van der Waals surface area contributed by atoms with Gasteiger partial charge in [-0.15, -0.1) is 36.2 Å². The number of rotatable bonds is 7. The van der Waals surface area contributed by atoms with Gasteiger partial charge >= 0.3 is 0 Å². The summed E-state index contributed by atoms with van der Waals surface area (Å²) in [5, 5.41) is 8.72. The largest absolute Gasteiger partial charge is 0.356 e. The Morgan fingerprint density at radius 2 is 1.88 bits per heavy atom. The van der Waals surface area contributed by atoms with Gasteiger partial charge in [0.05, 0.1) is 0 Å². The van der Waals surface area contributed by atoms with Crippen molar-refractivity contribution in [3.05, 3.63) is 22.4 Å². The number of amides is 1. The SMILES string of the molecule is Cl.Cl.O=C(CCC1CCNCC1)NCC1CCN(Cc2cccs2)CC1. The van der Waals surface area contributed by atoms with E-state index in [1.165, 1.54) is 30.6 Å². The minimum absolute atomic E-state index is 0. The van der Waals surface area contributed by atoms with Crippen LogP contribution in [-0.2, 0) is 11.3 Å². The Bertz CT molecular complexity index is 487. The fraction of sp³-hybridized carbons (Fsp3) is 0.737. The molecule has 0 saturated carbocycles. The van der Waals surface area contributed by atoms with Crippen molar-refractivity contribution < 1.29 is 4.79 Å². The Morgan fingerprint density at radius 3 is 2.54 bits per heavy atom. The van der Waals surface area contributed by atoms with Gasteiger partial charge < -0.3 is 10.6 Å². The normalized spacial score (nSPS) is 19.4. The lowest BCUT2D eigenvalue weighted by atomic mass is 9.93. The van der Waals surface area contributed by atoms with Gasteiger partial charge in [0.15, 0.2) is 0 Å². The van der Waals surface area contributed by atoms with Crippen LogP contribution in [0.2, 0.25) is 0 Å². The number of carbonyl (C=O) groups excluding carboxylic acids is 1. The quantitative estimate of drug-likeness (QED) is 0.704. The van der Waals surface area contributed by atoms with Gasteiger partial charge in [-0.25, -0.2) is 0 Å². The summed E-state index contributed by atoms with van der Waals surface area (Å²) in [5.74, 6) is 1.67. The van der Waals surface area contributed by atoms with Crippen LogP contribution in [0.1, 0.15) is 43.4 Å². The van der Waals surface area contributed by atoms with E-state index >= 15 is 0 Å². The lowest BCUT2D eigenvalue weighted by Gasteiger charge is -2.31. The summed E-state index contributed by atoms with van der Waals surface area (Å²) in [5.41, 5.74) is 0. The second-order valence-corrected chi connectivity index (χ2v) is 8.37. The first kappa shape index (κ1) is 23.7. The summed E-state index contributed by atoms with van der Waals surface area (Å²) < 4.78 is 0. The predicted octanol–water partition coefficient (Wildman–Crippen LogP) is 3.70. The summed E-state index contributed by atoms with van der Waals surface area (Å²) >= 11 is 1.85. The third-order valence-corrected chi connectivity index (χ3v) is 6.35.